The lowest BCUT2D eigenvalue weighted by Crippen LogP contribution is -2.36. The summed E-state index contributed by atoms with van der Waals surface area (Å²) in [6.07, 6.45) is -0.0743. The quantitative estimate of drug-likeness (QED) is 0.386. The van der Waals surface area contributed by atoms with Gasteiger partial charge in [0.1, 0.15) is 11.6 Å². The highest BCUT2D eigenvalue weighted by Gasteiger charge is 2.17. The third kappa shape index (κ3) is 5.31. The molecule has 0 bridgehead atoms. The number of fused-ring (bicyclic) bond motifs is 1. The molecule has 2 aromatic carbocycles. The fourth-order valence-electron chi connectivity index (χ4n) is 3.97. The Kier molecular flexibility index (Phi) is 7.63. The van der Waals surface area contributed by atoms with E-state index in [2.05, 4.69) is 46.6 Å². The lowest BCUT2D eigenvalue weighted by molar-refractivity contribution is -0.117. The molecule has 1 atom stereocenters. The maximum Gasteiger partial charge on any atom is 0.262 e. The van der Waals surface area contributed by atoms with Crippen molar-refractivity contribution < 1.29 is 14.6 Å². The summed E-state index contributed by atoms with van der Waals surface area (Å²) in [5.74, 6) is -0.454. The predicted molar refractivity (Wildman–Crippen MR) is 138 cm³/mol. The zero-order valence-electron chi connectivity index (χ0n) is 19.5. The molecule has 7 heteroatoms. The van der Waals surface area contributed by atoms with Crippen LogP contribution in [0, 0.1) is 11.3 Å². The van der Waals surface area contributed by atoms with Gasteiger partial charge in [0, 0.05) is 35.1 Å². The van der Waals surface area contributed by atoms with E-state index in [9.17, 15) is 15.2 Å². The molecule has 1 fully saturated rings. The maximum atomic E-state index is 12.5. The molecular formula is C27H29N3O3S. The van der Waals surface area contributed by atoms with Crippen molar-refractivity contribution in [3.8, 4) is 16.5 Å². The van der Waals surface area contributed by atoms with Crippen molar-refractivity contribution in [2.24, 2.45) is 0 Å². The second kappa shape index (κ2) is 10.8. The predicted octanol–water partition coefficient (Wildman–Crippen LogP) is 4.59. The van der Waals surface area contributed by atoms with E-state index >= 15 is 0 Å². The summed E-state index contributed by atoms with van der Waals surface area (Å²) >= 11 is 1.56. The number of allylic oxidation sites excluding steroid dienone is 1. The zero-order valence-corrected chi connectivity index (χ0v) is 20.3. The largest absolute Gasteiger partial charge is 0.391 e. The van der Waals surface area contributed by atoms with Crippen molar-refractivity contribution in [3.05, 3.63) is 59.0 Å². The third-order valence-electron chi connectivity index (χ3n) is 6.14. The van der Waals surface area contributed by atoms with Gasteiger partial charge in [0.15, 0.2) is 0 Å². The lowest BCUT2D eigenvalue weighted by Gasteiger charge is -2.29. The highest BCUT2D eigenvalue weighted by molar-refractivity contribution is 7.16. The number of anilines is 1. The Labute approximate surface area is 204 Å². The molecule has 2 N–H and O–H groups in total. The maximum absolute atomic E-state index is 12.5. The van der Waals surface area contributed by atoms with Crippen LogP contribution in [0.5, 0.6) is 0 Å². The van der Waals surface area contributed by atoms with Crippen molar-refractivity contribution in [2.45, 2.75) is 26.4 Å². The fourth-order valence-corrected chi connectivity index (χ4v) is 4.98. The summed E-state index contributed by atoms with van der Waals surface area (Å²) < 4.78 is 5.46. The normalized spacial score (nSPS) is 15.5. The van der Waals surface area contributed by atoms with E-state index in [4.69, 9.17) is 4.74 Å². The number of thiophene rings is 1. The van der Waals surface area contributed by atoms with Gasteiger partial charge in [-0.2, -0.15) is 5.26 Å². The van der Waals surface area contributed by atoms with Gasteiger partial charge in [0.25, 0.3) is 5.91 Å². The first kappa shape index (κ1) is 24.0. The summed E-state index contributed by atoms with van der Waals surface area (Å²) in [6, 6.07) is 19.0. The number of rotatable bonds is 7. The lowest BCUT2D eigenvalue weighted by atomic mass is 10.0. The molecule has 1 saturated heterocycles. The Morgan fingerprint density at radius 1 is 1.18 bits per heavy atom. The number of nitrogens with one attached hydrogen (secondary N) is 1. The van der Waals surface area contributed by atoms with Crippen LogP contribution in [0.3, 0.4) is 0 Å². The second-order valence-corrected chi connectivity index (χ2v) is 9.48. The summed E-state index contributed by atoms with van der Waals surface area (Å²) in [7, 11) is 0. The molecule has 34 heavy (non-hydrogen) atoms. The molecule has 4 rings (SSSR count). The molecule has 1 aliphatic rings. The van der Waals surface area contributed by atoms with Crippen molar-refractivity contribution >= 4 is 39.3 Å². The Hall–Kier alpha value is -3.18. The van der Waals surface area contributed by atoms with Crippen molar-refractivity contribution in [1.82, 2.24) is 5.32 Å². The van der Waals surface area contributed by atoms with Gasteiger partial charge in [0.2, 0.25) is 0 Å². The van der Waals surface area contributed by atoms with Gasteiger partial charge in [-0.15, -0.1) is 11.3 Å². The van der Waals surface area contributed by atoms with E-state index in [0.29, 0.717) is 12.0 Å². The number of amides is 1. The highest BCUT2D eigenvalue weighted by Crippen LogP contribution is 2.35. The number of hydrogen-bond donors (Lipinski definition) is 2. The SMILES string of the molecule is CCC(O)CNC(=O)/C(C#N)=C(\C)c1ccc(-c2ccc3cc(N4CCOCC4)ccc3c2)s1. The number of nitriles is 1. The number of ether oxygens (including phenoxy) is 1. The Bertz CT molecular complexity index is 1250. The average Bonchev–Trinajstić information content (AvgIpc) is 3.38. The summed E-state index contributed by atoms with van der Waals surface area (Å²) in [5, 5.41) is 24.3. The molecule has 0 spiro atoms. The monoisotopic (exact) mass is 475 g/mol. The van der Waals surface area contributed by atoms with E-state index in [0.717, 1.165) is 41.6 Å². The van der Waals surface area contributed by atoms with Crippen LogP contribution in [-0.2, 0) is 9.53 Å². The second-order valence-electron chi connectivity index (χ2n) is 8.39. The fraction of sp³-hybridized carbons (Fsp3) is 0.333. The average molecular weight is 476 g/mol. The van der Waals surface area contributed by atoms with Crippen LogP contribution in [0.2, 0.25) is 0 Å². The summed E-state index contributed by atoms with van der Waals surface area (Å²) in [4.78, 5) is 16.8. The van der Waals surface area contributed by atoms with Crippen molar-refractivity contribution in [1.29, 1.82) is 5.26 Å². The molecule has 1 amide bonds. The molecule has 3 aromatic rings. The number of morpholine rings is 1. The Morgan fingerprint density at radius 3 is 2.65 bits per heavy atom. The Morgan fingerprint density at radius 2 is 1.91 bits per heavy atom. The Balaban J connectivity index is 1.55. The number of nitrogens with zero attached hydrogens (tertiary/aromatic N) is 2. The summed E-state index contributed by atoms with van der Waals surface area (Å²) in [5.41, 5.74) is 3.03. The molecular weight excluding hydrogens is 446 g/mol. The van der Waals surface area contributed by atoms with Gasteiger partial charge in [-0.05, 0) is 65.6 Å². The van der Waals surface area contributed by atoms with Gasteiger partial charge in [-0.3, -0.25) is 4.79 Å². The minimum absolute atomic E-state index is 0.0749. The minimum Gasteiger partial charge on any atom is -0.391 e. The van der Waals surface area contributed by atoms with Gasteiger partial charge in [-0.25, -0.2) is 0 Å². The number of carbonyl (C=O) groups is 1. The molecule has 6 nitrogen and oxygen atoms in total. The van der Waals surface area contributed by atoms with Gasteiger partial charge in [0.05, 0.1) is 19.3 Å². The zero-order chi connectivity index (χ0) is 24.1. The molecule has 176 valence electrons. The first-order valence-electron chi connectivity index (χ1n) is 11.5. The molecule has 1 unspecified atom stereocenters. The number of aliphatic hydroxyl groups excluding tert-OH is 1. The van der Waals surface area contributed by atoms with Crippen LogP contribution in [0.1, 0.15) is 25.1 Å². The minimum atomic E-state index is -0.615. The standard InChI is InChI=1S/C27H29N3O3S/c1-3-23(31)17-29-27(32)24(16-28)18(2)25-8-9-26(34-25)21-5-4-20-15-22(7-6-19(20)14-21)30-10-12-33-13-11-30/h4-9,14-15,23,31H,3,10-13,17H2,1-2H3,(H,29,32)/b24-18+. The van der Waals surface area contributed by atoms with E-state index in [-0.39, 0.29) is 12.1 Å². The van der Waals surface area contributed by atoms with Crippen molar-refractivity contribution in [3.63, 3.8) is 0 Å². The first-order valence-corrected chi connectivity index (χ1v) is 12.4. The van der Waals surface area contributed by atoms with Crippen LogP contribution in [0.25, 0.3) is 26.8 Å². The van der Waals surface area contributed by atoms with Gasteiger partial charge < -0.3 is 20.1 Å². The van der Waals surface area contributed by atoms with E-state index in [1.54, 1.807) is 18.3 Å². The summed E-state index contributed by atoms with van der Waals surface area (Å²) in [6.45, 7) is 7.12. The number of benzene rings is 2. The van der Waals surface area contributed by atoms with Crippen molar-refractivity contribution in [2.75, 3.05) is 37.7 Å². The number of aliphatic hydroxyl groups is 1. The highest BCUT2D eigenvalue weighted by atomic mass is 32.1. The van der Waals surface area contributed by atoms with E-state index < -0.39 is 12.0 Å². The molecule has 1 aromatic heterocycles. The molecule has 0 saturated carbocycles. The van der Waals surface area contributed by atoms with Crippen LogP contribution in [-0.4, -0.2) is 50.0 Å². The van der Waals surface area contributed by atoms with Gasteiger partial charge >= 0.3 is 0 Å². The number of hydrogen-bond acceptors (Lipinski definition) is 6. The molecule has 0 aliphatic carbocycles. The van der Waals surface area contributed by atoms with E-state index in [1.165, 1.54) is 16.5 Å². The van der Waals surface area contributed by atoms with Gasteiger partial charge in [-0.1, -0.05) is 25.1 Å². The van der Waals surface area contributed by atoms with Crippen LogP contribution in [0.4, 0.5) is 5.69 Å². The molecule has 2 heterocycles. The smallest absolute Gasteiger partial charge is 0.262 e. The third-order valence-corrected chi connectivity index (χ3v) is 7.40. The van der Waals surface area contributed by atoms with E-state index in [1.807, 2.05) is 25.1 Å². The topological polar surface area (TPSA) is 85.6 Å². The van der Waals surface area contributed by atoms with Crippen LogP contribution >= 0.6 is 11.3 Å². The van der Waals surface area contributed by atoms with Crippen LogP contribution in [0.15, 0.2) is 54.1 Å². The molecule has 1 aliphatic heterocycles. The first-order chi connectivity index (χ1) is 16.5. The van der Waals surface area contributed by atoms with Crippen LogP contribution < -0.4 is 10.2 Å². The number of carbonyl (C=O) groups excluding carboxylic acids is 1. The molecule has 0 radical (unpaired) electrons.